The Labute approximate surface area is 154 Å². The molecule has 3 rings (SSSR count). The number of nitrogens with zero attached hydrogens (tertiary/aromatic N) is 2. The van der Waals surface area contributed by atoms with Gasteiger partial charge in [-0.05, 0) is 48.9 Å². The fourth-order valence-electron chi connectivity index (χ4n) is 2.47. The number of halogens is 2. The average molecular weight is 372 g/mol. The van der Waals surface area contributed by atoms with Crippen LogP contribution in [0.4, 0.5) is 4.39 Å². The van der Waals surface area contributed by atoms with Crippen molar-refractivity contribution in [2.75, 3.05) is 0 Å². The van der Waals surface area contributed by atoms with Crippen LogP contribution in [0.25, 0.3) is 5.69 Å². The summed E-state index contributed by atoms with van der Waals surface area (Å²) in [5, 5.41) is 7.42. The van der Waals surface area contributed by atoms with Crippen LogP contribution >= 0.6 is 11.6 Å². The van der Waals surface area contributed by atoms with Crippen molar-refractivity contribution in [1.29, 1.82) is 0 Å². The molecule has 1 aromatic heterocycles. The van der Waals surface area contributed by atoms with Crippen LogP contribution in [0.5, 0.6) is 0 Å². The van der Waals surface area contributed by atoms with Crippen LogP contribution in [0, 0.1) is 5.82 Å². The second-order valence-electron chi connectivity index (χ2n) is 5.66. The molecule has 1 N–H and O–H groups in total. The van der Waals surface area contributed by atoms with E-state index >= 15 is 0 Å². The Balaban J connectivity index is 1.86. The van der Waals surface area contributed by atoms with Crippen molar-refractivity contribution >= 4 is 17.5 Å². The highest BCUT2D eigenvalue weighted by molar-refractivity contribution is 6.31. The summed E-state index contributed by atoms with van der Waals surface area (Å²) in [6, 6.07) is 14.7. The summed E-state index contributed by atoms with van der Waals surface area (Å²) in [4.78, 5) is 24.5. The van der Waals surface area contributed by atoms with E-state index in [1.807, 2.05) is 12.1 Å². The SMILES string of the molecule is CC(NC(=O)c1ccc(=O)n(-c2ccc(F)cc2)n1)c1ccccc1Cl. The van der Waals surface area contributed by atoms with Gasteiger partial charge in [0.25, 0.3) is 11.5 Å². The van der Waals surface area contributed by atoms with Crippen LogP contribution in [-0.2, 0) is 0 Å². The number of aromatic nitrogens is 2. The van der Waals surface area contributed by atoms with Crippen molar-refractivity contribution in [3.05, 3.63) is 93.1 Å². The number of nitrogens with one attached hydrogen (secondary N) is 1. The Morgan fingerprint density at radius 1 is 1.12 bits per heavy atom. The zero-order chi connectivity index (χ0) is 18.7. The maximum Gasteiger partial charge on any atom is 0.272 e. The summed E-state index contributed by atoms with van der Waals surface area (Å²) < 4.78 is 14.1. The van der Waals surface area contributed by atoms with Gasteiger partial charge in [0.15, 0.2) is 0 Å². The van der Waals surface area contributed by atoms with Crippen LogP contribution in [0.1, 0.15) is 29.0 Å². The van der Waals surface area contributed by atoms with E-state index in [4.69, 9.17) is 11.6 Å². The molecule has 1 amide bonds. The maximum absolute atomic E-state index is 13.1. The van der Waals surface area contributed by atoms with Gasteiger partial charge in [-0.1, -0.05) is 29.8 Å². The molecule has 26 heavy (non-hydrogen) atoms. The standard InChI is InChI=1S/C19H15ClFN3O2/c1-12(15-4-2-3-5-16(15)20)22-19(26)17-10-11-18(25)24(23-17)14-8-6-13(21)7-9-14/h2-12H,1H3,(H,22,26). The topological polar surface area (TPSA) is 64.0 Å². The number of hydrogen-bond donors (Lipinski definition) is 1. The largest absolute Gasteiger partial charge is 0.344 e. The third-order valence-electron chi connectivity index (χ3n) is 3.82. The first kappa shape index (κ1) is 17.8. The third kappa shape index (κ3) is 3.81. The van der Waals surface area contributed by atoms with E-state index in [9.17, 15) is 14.0 Å². The number of carbonyl (C=O) groups excluding carboxylic acids is 1. The summed E-state index contributed by atoms with van der Waals surface area (Å²) in [6.45, 7) is 1.80. The fourth-order valence-corrected chi connectivity index (χ4v) is 2.77. The van der Waals surface area contributed by atoms with E-state index in [-0.39, 0.29) is 11.7 Å². The molecule has 0 aliphatic rings. The highest BCUT2D eigenvalue weighted by atomic mass is 35.5. The van der Waals surface area contributed by atoms with Crippen molar-refractivity contribution in [3.8, 4) is 5.69 Å². The van der Waals surface area contributed by atoms with Gasteiger partial charge in [0, 0.05) is 11.1 Å². The first-order chi connectivity index (χ1) is 12.5. The molecule has 0 spiro atoms. The Bertz CT molecular complexity index is 1000. The van der Waals surface area contributed by atoms with E-state index < -0.39 is 17.3 Å². The summed E-state index contributed by atoms with van der Waals surface area (Å²) in [7, 11) is 0. The smallest absolute Gasteiger partial charge is 0.272 e. The quantitative estimate of drug-likeness (QED) is 0.763. The zero-order valence-electron chi connectivity index (χ0n) is 13.8. The maximum atomic E-state index is 13.1. The summed E-state index contributed by atoms with van der Waals surface area (Å²) >= 11 is 6.14. The Hall–Kier alpha value is -2.99. The predicted octanol–water partition coefficient (Wildman–Crippen LogP) is 3.52. The van der Waals surface area contributed by atoms with Crippen molar-refractivity contribution in [2.24, 2.45) is 0 Å². The molecule has 7 heteroatoms. The van der Waals surface area contributed by atoms with Crippen LogP contribution in [0.3, 0.4) is 0 Å². The van der Waals surface area contributed by atoms with E-state index in [0.29, 0.717) is 10.7 Å². The second kappa shape index (κ2) is 7.49. The number of rotatable bonds is 4. The Morgan fingerprint density at radius 3 is 2.50 bits per heavy atom. The number of benzene rings is 2. The van der Waals surface area contributed by atoms with E-state index in [1.54, 1.807) is 19.1 Å². The number of amides is 1. The van der Waals surface area contributed by atoms with Gasteiger partial charge in [-0.15, -0.1) is 0 Å². The summed E-state index contributed by atoms with van der Waals surface area (Å²) in [6.07, 6.45) is 0. The molecule has 0 saturated carbocycles. The van der Waals surface area contributed by atoms with Crippen LogP contribution in [0.2, 0.25) is 5.02 Å². The first-order valence-electron chi connectivity index (χ1n) is 7.87. The lowest BCUT2D eigenvalue weighted by Gasteiger charge is -2.15. The molecule has 1 unspecified atom stereocenters. The molecule has 0 saturated heterocycles. The molecule has 0 aliphatic heterocycles. The lowest BCUT2D eigenvalue weighted by Crippen LogP contribution is -2.30. The van der Waals surface area contributed by atoms with E-state index in [1.165, 1.54) is 36.4 Å². The van der Waals surface area contributed by atoms with Crippen molar-refractivity contribution < 1.29 is 9.18 Å². The van der Waals surface area contributed by atoms with Crippen LogP contribution < -0.4 is 10.9 Å². The molecular weight excluding hydrogens is 357 g/mol. The van der Waals surface area contributed by atoms with Crippen LogP contribution in [0.15, 0.2) is 65.5 Å². The average Bonchev–Trinajstić information content (AvgIpc) is 2.63. The van der Waals surface area contributed by atoms with Gasteiger partial charge >= 0.3 is 0 Å². The first-order valence-corrected chi connectivity index (χ1v) is 8.25. The lowest BCUT2D eigenvalue weighted by atomic mass is 10.1. The second-order valence-corrected chi connectivity index (χ2v) is 6.07. The molecule has 1 atom stereocenters. The van der Waals surface area contributed by atoms with E-state index in [2.05, 4.69) is 10.4 Å². The highest BCUT2D eigenvalue weighted by Gasteiger charge is 2.16. The van der Waals surface area contributed by atoms with Gasteiger partial charge in [-0.3, -0.25) is 9.59 Å². The van der Waals surface area contributed by atoms with Gasteiger partial charge in [0.2, 0.25) is 0 Å². The minimum Gasteiger partial charge on any atom is -0.344 e. The Morgan fingerprint density at radius 2 is 1.81 bits per heavy atom. The zero-order valence-corrected chi connectivity index (χ0v) is 14.6. The summed E-state index contributed by atoms with van der Waals surface area (Å²) in [5.74, 6) is -0.877. The van der Waals surface area contributed by atoms with Gasteiger partial charge in [0.05, 0.1) is 11.7 Å². The van der Waals surface area contributed by atoms with Gasteiger partial charge in [-0.2, -0.15) is 9.78 Å². The van der Waals surface area contributed by atoms with Crippen LogP contribution in [-0.4, -0.2) is 15.7 Å². The highest BCUT2D eigenvalue weighted by Crippen LogP contribution is 2.22. The molecule has 0 radical (unpaired) electrons. The van der Waals surface area contributed by atoms with Gasteiger partial charge in [0.1, 0.15) is 11.5 Å². The van der Waals surface area contributed by atoms with Gasteiger partial charge in [-0.25, -0.2) is 4.39 Å². The lowest BCUT2D eigenvalue weighted by molar-refractivity contribution is 0.0933. The molecule has 2 aromatic carbocycles. The normalized spacial score (nSPS) is 11.8. The molecular formula is C19H15ClFN3O2. The number of hydrogen-bond acceptors (Lipinski definition) is 3. The molecule has 132 valence electrons. The van der Waals surface area contributed by atoms with Crippen molar-refractivity contribution in [2.45, 2.75) is 13.0 Å². The van der Waals surface area contributed by atoms with Crippen molar-refractivity contribution in [3.63, 3.8) is 0 Å². The fraction of sp³-hybridized carbons (Fsp3) is 0.105. The molecule has 3 aromatic rings. The minimum atomic E-state index is -0.451. The monoisotopic (exact) mass is 371 g/mol. The molecule has 0 fully saturated rings. The summed E-state index contributed by atoms with van der Waals surface area (Å²) in [5.41, 5.74) is 0.778. The minimum absolute atomic E-state index is 0.0628. The van der Waals surface area contributed by atoms with Gasteiger partial charge < -0.3 is 5.32 Å². The number of carbonyl (C=O) groups is 1. The van der Waals surface area contributed by atoms with E-state index in [0.717, 1.165) is 10.2 Å². The third-order valence-corrected chi connectivity index (χ3v) is 4.17. The molecule has 0 aliphatic carbocycles. The predicted molar refractivity (Wildman–Crippen MR) is 97.1 cm³/mol. The molecule has 0 bridgehead atoms. The molecule has 5 nitrogen and oxygen atoms in total. The Kier molecular flexibility index (Phi) is 5.14. The van der Waals surface area contributed by atoms with Crippen molar-refractivity contribution in [1.82, 2.24) is 15.1 Å². The molecule has 1 heterocycles.